The van der Waals surface area contributed by atoms with E-state index in [2.05, 4.69) is 5.32 Å². The quantitative estimate of drug-likeness (QED) is 0.809. The van der Waals surface area contributed by atoms with Crippen LogP contribution in [-0.2, 0) is 16.0 Å². The normalized spacial score (nSPS) is 21.6. The summed E-state index contributed by atoms with van der Waals surface area (Å²) < 4.78 is 0. The number of hydrogen-bond acceptors (Lipinski definition) is 4. The molecule has 2 aliphatic heterocycles. The first-order valence-electron chi connectivity index (χ1n) is 6.87. The van der Waals surface area contributed by atoms with Gasteiger partial charge in [0.1, 0.15) is 6.04 Å². The van der Waals surface area contributed by atoms with Gasteiger partial charge < -0.3 is 0 Å². The minimum absolute atomic E-state index is 0.129. The molecule has 0 saturated carbocycles. The molecule has 1 N–H and O–H groups in total. The highest BCUT2D eigenvalue weighted by Gasteiger charge is 2.44. The predicted molar refractivity (Wildman–Crippen MR) is 72.5 cm³/mol. The van der Waals surface area contributed by atoms with Crippen molar-refractivity contribution in [3.63, 3.8) is 0 Å². The second kappa shape index (κ2) is 4.80. The molecule has 0 aromatic heterocycles. The van der Waals surface area contributed by atoms with Crippen molar-refractivity contribution in [3.8, 4) is 0 Å². The number of nitrogens with zero attached hydrogens (tertiary/aromatic N) is 1. The van der Waals surface area contributed by atoms with E-state index in [1.165, 1.54) is 0 Å². The fourth-order valence-corrected chi connectivity index (χ4v) is 2.74. The summed E-state index contributed by atoms with van der Waals surface area (Å²) in [5.41, 5.74) is 1.62. The van der Waals surface area contributed by atoms with Gasteiger partial charge in [0.2, 0.25) is 11.8 Å². The molecule has 1 saturated heterocycles. The van der Waals surface area contributed by atoms with Crippen LogP contribution in [-0.4, -0.2) is 34.6 Å². The van der Waals surface area contributed by atoms with Crippen LogP contribution in [0.4, 0.5) is 0 Å². The van der Waals surface area contributed by atoms with Gasteiger partial charge in [-0.3, -0.25) is 29.4 Å². The number of nitrogens with one attached hydrogen (secondary N) is 1. The maximum absolute atomic E-state index is 12.4. The number of amides is 4. The van der Waals surface area contributed by atoms with E-state index in [1.54, 1.807) is 18.2 Å². The molecule has 0 bridgehead atoms. The van der Waals surface area contributed by atoms with Crippen LogP contribution in [0.2, 0.25) is 0 Å². The Balaban J connectivity index is 1.96. The third-order valence-electron chi connectivity index (χ3n) is 3.91. The van der Waals surface area contributed by atoms with Crippen LogP contribution in [0, 0.1) is 0 Å². The Hall–Kier alpha value is -2.50. The second-order valence-electron chi connectivity index (χ2n) is 5.18. The third-order valence-corrected chi connectivity index (χ3v) is 3.91. The van der Waals surface area contributed by atoms with Crippen LogP contribution in [0.15, 0.2) is 18.2 Å². The molecule has 3 rings (SSSR count). The fraction of sp³-hybridized carbons (Fsp3) is 0.333. The molecule has 1 fully saturated rings. The number of imide groups is 2. The molecule has 0 unspecified atom stereocenters. The van der Waals surface area contributed by atoms with E-state index in [-0.39, 0.29) is 18.7 Å². The number of rotatable bonds is 2. The Bertz CT molecular complexity index is 680. The van der Waals surface area contributed by atoms with Crippen molar-refractivity contribution in [2.45, 2.75) is 32.2 Å². The van der Waals surface area contributed by atoms with Gasteiger partial charge in [0.25, 0.3) is 11.8 Å². The lowest BCUT2D eigenvalue weighted by molar-refractivity contribution is -0.136. The first kappa shape index (κ1) is 13.5. The number of carbonyl (C=O) groups is 4. The molecule has 2 heterocycles. The summed E-state index contributed by atoms with van der Waals surface area (Å²) in [5, 5.41) is 2.17. The fourth-order valence-electron chi connectivity index (χ4n) is 2.74. The van der Waals surface area contributed by atoms with Crippen LogP contribution in [0.3, 0.4) is 0 Å². The van der Waals surface area contributed by atoms with E-state index in [0.717, 1.165) is 16.9 Å². The van der Waals surface area contributed by atoms with Gasteiger partial charge in [-0.1, -0.05) is 13.0 Å². The zero-order chi connectivity index (χ0) is 15.1. The van der Waals surface area contributed by atoms with Gasteiger partial charge >= 0.3 is 0 Å². The highest BCUT2D eigenvalue weighted by molar-refractivity contribution is 6.23. The SMILES string of the molecule is CCc1ccc2c(c1)C(=O)N([C@H]1CCC(=O)NC1=O)C2=O. The average Bonchev–Trinajstić information content (AvgIpc) is 2.71. The lowest BCUT2D eigenvalue weighted by atomic mass is 10.0. The minimum Gasteiger partial charge on any atom is -0.295 e. The highest BCUT2D eigenvalue weighted by atomic mass is 16.2. The van der Waals surface area contributed by atoms with Crippen LogP contribution in [0.25, 0.3) is 0 Å². The smallest absolute Gasteiger partial charge is 0.262 e. The Labute approximate surface area is 121 Å². The third kappa shape index (κ3) is 2.03. The van der Waals surface area contributed by atoms with Gasteiger partial charge in [0.05, 0.1) is 11.1 Å². The molecular formula is C15H14N2O4. The van der Waals surface area contributed by atoms with E-state index < -0.39 is 23.8 Å². The van der Waals surface area contributed by atoms with Crippen molar-refractivity contribution in [2.75, 3.05) is 0 Å². The van der Waals surface area contributed by atoms with Crippen molar-refractivity contribution < 1.29 is 19.2 Å². The van der Waals surface area contributed by atoms with E-state index in [0.29, 0.717) is 11.1 Å². The maximum atomic E-state index is 12.4. The van der Waals surface area contributed by atoms with Crippen LogP contribution in [0.5, 0.6) is 0 Å². The molecule has 4 amide bonds. The summed E-state index contributed by atoms with van der Waals surface area (Å²) >= 11 is 0. The summed E-state index contributed by atoms with van der Waals surface area (Å²) in [4.78, 5) is 48.9. The van der Waals surface area contributed by atoms with Gasteiger partial charge in [0.15, 0.2) is 0 Å². The van der Waals surface area contributed by atoms with E-state index in [1.807, 2.05) is 6.92 Å². The lowest BCUT2D eigenvalue weighted by Crippen LogP contribution is -2.54. The summed E-state index contributed by atoms with van der Waals surface area (Å²) in [6.07, 6.45) is 1.06. The molecule has 1 atom stereocenters. The highest BCUT2D eigenvalue weighted by Crippen LogP contribution is 2.28. The van der Waals surface area contributed by atoms with Gasteiger partial charge in [-0.2, -0.15) is 0 Å². The van der Waals surface area contributed by atoms with Gasteiger partial charge in [0, 0.05) is 6.42 Å². The summed E-state index contributed by atoms with van der Waals surface area (Å²) in [6.45, 7) is 1.96. The van der Waals surface area contributed by atoms with Crippen molar-refractivity contribution in [3.05, 3.63) is 34.9 Å². The van der Waals surface area contributed by atoms with Crippen LogP contribution < -0.4 is 5.32 Å². The first-order chi connectivity index (χ1) is 10.0. The van der Waals surface area contributed by atoms with E-state index in [4.69, 9.17) is 0 Å². The number of benzene rings is 1. The second-order valence-corrected chi connectivity index (χ2v) is 5.18. The molecule has 6 nitrogen and oxygen atoms in total. The number of fused-ring (bicyclic) bond motifs is 1. The topological polar surface area (TPSA) is 83.6 Å². The Morgan fingerprint density at radius 1 is 1.14 bits per heavy atom. The van der Waals surface area contributed by atoms with Crippen molar-refractivity contribution in [1.29, 1.82) is 0 Å². The van der Waals surface area contributed by atoms with E-state index >= 15 is 0 Å². The van der Waals surface area contributed by atoms with Crippen molar-refractivity contribution >= 4 is 23.6 Å². The zero-order valence-electron chi connectivity index (χ0n) is 11.5. The van der Waals surface area contributed by atoms with E-state index in [9.17, 15) is 19.2 Å². The molecule has 0 aliphatic carbocycles. The Kier molecular flexibility index (Phi) is 3.08. The molecule has 0 radical (unpaired) electrons. The molecule has 1 aromatic carbocycles. The monoisotopic (exact) mass is 286 g/mol. The Morgan fingerprint density at radius 3 is 2.52 bits per heavy atom. The molecular weight excluding hydrogens is 272 g/mol. The molecule has 0 spiro atoms. The summed E-state index contributed by atoms with van der Waals surface area (Å²) in [7, 11) is 0. The summed E-state index contributed by atoms with van der Waals surface area (Å²) in [6, 6.07) is 4.22. The first-order valence-corrected chi connectivity index (χ1v) is 6.87. The van der Waals surface area contributed by atoms with Crippen molar-refractivity contribution in [1.82, 2.24) is 10.2 Å². The maximum Gasteiger partial charge on any atom is 0.262 e. The standard InChI is InChI=1S/C15H14N2O4/c1-2-8-3-4-9-10(7-8)15(21)17(14(9)20)11-5-6-12(18)16-13(11)19/h3-4,7,11H,2,5-6H2,1H3,(H,16,18,19)/t11-/m0/s1. The average molecular weight is 286 g/mol. The molecule has 1 aromatic rings. The zero-order valence-corrected chi connectivity index (χ0v) is 11.5. The molecule has 6 heteroatoms. The van der Waals surface area contributed by atoms with Crippen molar-refractivity contribution in [2.24, 2.45) is 0 Å². The van der Waals surface area contributed by atoms with Crippen LogP contribution >= 0.6 is 0 Å². The number of carbonyl (C=O) groups excluding carboxylic acids is 4. The van der Waals surface area contributed by atoms with Gasteiger partial charge in [-0.05, 0) is 30.5 Å². The number of aryl methyl sites for hydroxylation is 1. The van der Waals surface area contributed by atoms with Gasteiger partial charge in [-0.25, -0.2) is 0 Å². The Morgan fingerprint density at radius 2 is 1.86 bits per heavy atom. The van der Waals surface area contributed by atoms with Gasteiger partial charge in [-0.15, -0.1) is 0 Å². The van der Waals surface area contributed by atoms with Crippen LogP contribution in [0.1, 0.15) is 46.0 Å². The number of hydrogen-bond donors (Lipinski definition) is 1. The minimum atomic E-state index is -0.903. The molecule has 21 heavy (non-hydrogen) atoms. The molecule has 2 aliphatic rings. The largest absolute Gasteiger partial charge is 0.295 e. The number of piperidine rings is 1. The summed E-state index contributed by atoms with van der Waals surface area (Å²) in [5.74, 6) is -1.88. The predicted octanol–water partition coefficient (Wildman–Crippen LogP) is 0.650. The lowest BCUT2D eigenvalue weighted by Gasteiger charge is -2.27. The molecule has 108 valence electrons.